The summed E-state index contributed by atoms with van der Waals surface area (Å²) in [5, 5.41) is 4.61. The van der Waals surface area contributed by atoms with Gasteiger partial charge in [0.2, 0.25) is 0 Å². The summed E-state index contributed by atoms with van der Waals surface area (Å²) >= 11 is 0. The molecule has 0 unspecified atom stereocenters. The average molecular weight is 360 g/mol. The SMILES string of the molecule is C[C@@H]1CCN(c2ccc(-n3cc4c(n3)CN(c3cccnc3)C4=O)cn2)C1. The van der Waals surface area contributed by atoms with E-state index >= 15 is 0 Å². The minimum absolute atomic E-state index is 0.0418. The smallest absolute Gasteiger partial charge is 0.262 e. The lowest BCUT2D eigenvalue weighted by Gasteiger charge is -2.17. The second-order valence-electron chi connectivity index (χ2n) is 7.25. The number of rotatable bonds is 3. The van der Waals surface area contributed by atoms with E-state index in [4.69, 9.17) is 0 Å². The highest BCUT2D eigenvalue weighted by atomic mass is 16.2. The van der Waals surface area contributed by atoms with Crippen LogP contribution in [0.25, 0.3) is 5.69 Å². The average Bonchev–Trinajstić information content (AvgIpc) is 3.39. The quantitative estimate of drug-likeness (QED) is 0.718. The Labute approximate surface area is 157 Å². The van der Waals surface area contributed by atoms with Crippen molar-refractivity contribution >= 4 is 17.4 Å². The van der Waals surface area contributed by atoms with E-state index in [2.05, 4.69) is 26.9 Å². The zero-order chi connectivity index (χ0) is 18.4. The fraction of sp³-hybridized carbons (Fsp3) is 0.300. The molecule has 5 rings (SSSR count). The first-order chi connectivity index (χ1) is 13.2. The molecule has 1 amide bonds. The second kappa shape index (κ2) is 6.19. The van der Waals surface area contributed by atoms with E-state index in [1.807, 2.05) is 30.5 Å². The summed E-state index contributed by atoms with van der Waals surface area (Å²) in [6, 6.07) is 7.75. The summed E-state index contributed by atoms with van der Waals surface area (Å²) in [4.78, 5) is 25.4. The van der Waals surface area contributed by atoms with Gasteiger partial charge in [0.1, 0.15) is 5.82 Å². The summed E-state index contributed by atoms with van der Waals surface area (Å²) in [7, 11) is 0. The molecule has 136 valence electrons. The maximum atomic E-state index is 12.7. The number of amides is 1. The van der Waals surface area contributed by atoms with Crippen molar-refractivity contribution in [3.63, 3.8) is 0 Å². The predicted molar refractivity (Wildman–Crippen MR) is 102 cm³/mol. The van der Waals surface area contributed by atoms with Gasteiger partial charge in [0.05, 0.1) is 41.6 Å². The Morgan fingerprint density at radius 1 is 1.15 bits per heavy atom. The highest BCUT2D eigenvalue weighted by Crippen LogP contribution is 2.28. The Bertz CT molecular complexity index is 981. The van der Waals surface area contributed by atoms with Gasteiger partial charge in [-0.05, 0) is 36.6 Å². The van der Waals surface area contributed by atoms with Crippen molar-refractivity contribution in [1.29, 1.82) is 0 Å². The first-order valence-corrected chi connectivity index (χ1v) is 9.21. The van der Waals surface area contributed by atoms with Crippen LogP contribution in [0, 0.1) is 5.92 Å². The van der Waals surface area contributed by atoms with Gasteiger partial charge in [-0.3, -0.25) is 9.78 Å². The third-order valence-corrected chi connectivity index (χ3v) is 5.28. The van der Waals surface area contributed by atoms with Crippen LogP contribution in [0.1, 0.15) is 29.4 Å². The van der Waals surface area contributed by atoms with Crippen LogP contribution in [0.4, 0.5) is 11.5 Å². The van der Waals surface area contributed by atoms with Crippen LogP contribution >= 0.6 is 0 Å². The van der Waals surface area contributed by atoms with Gasteiger partial charge in [0, 0.05) is 25.5 Å². The normalized spacial score (nSPS) is 19.0. The van der Waals surface area contributed by atoms with E-state index in [1.54, 1.807) is 28.2 Å². The molecule has 1 saturated heterocycles. The maximum absolute atomic E-state index is 12.7. The number of carbonyl (C=O) groups is 1. The summed E-state index contributed by atoms with van der Waals surface area (Å²) in [5.74, 6) is 1.68. The van der Waals surface area contributed by atoms with Gasteiger partial charge in [-0.25, -0.2) is 9.67 Å². The van der Waals surface area contributed by atoms with Gasteiger partial charge in [-0.2, -0.15) is 5.10 Å². The molecule has 0 aromatic carbocycles. The number of fused-ring (bicyclic) bond motifs is 1. The number of nitrogens with zero attached hydrogens (tertiary/aromatic N) is 6. The molecule has 1 fully saturated rings. The van der Waals surface area contributed by atoms with Crippen molar-refractivity contribution in [3.8, 4) is 5.69 Å². The number of anilines is 2. The largest absolute Gasteiger partial charge is 0.356 e. The Morgan fingerprint density at radius 2 is 2.07 bits per heavy atom. The van der Waals surface area contributed by atoms with Crippen LogP contribution in [0.3, 0.4) is 0 Å². The van der Waals surface area contributed by atoms with Crippen LogP contribution in [-0.4, -0.2) is 38.7 Å². The van der Waals surface area contributed by atoms with E-state index in [0.717, 1.165) is 36.0 Å². The van der Waals surface area contributed by atoms with Crippen molar-refractivity contribution in [3.05, 3.63) is 60.3 Å². The van der Waals surface area contributed by atoms with E-state index in [0.29, 0.717) is 18.0 Å². The highest BCUT2D eigenvalue weighted by molar-refractivity contribution is 6.09. The monoisotopic (exact) mass is 360 g/mol. The molecular weight excluding hydrogens is 340 g/mol. The number of carbonyl (C=O) groups excluding carboxylic acids is 1. The highest BCUT2D eigenvalue weighted by Gasteiger charge is 2.32. The molecule has 3 aromatic rings. The minimum Gasteiger partial charge on any atom is -0.356 e. The topological polar surface area (TPSA) is 67.2 Å². The molecule has 3 aromatic heterocycles. The Balaban J connectivity index is 1.37. The molecule has 7 heteroatoms. The Morgan fingerprint density at radius 3 is 2.74 bits per heavy atom. The van der Waals surface area contributed by atoms with Gasteiger partial charge < -0.3 is 9.80 Å². The first kappa shape index (κ1) is 16.0. The predicted octanol–water partition coefficient (Wildman–Crippen LogP) is 2.67. The van der Waals surface area contributed by atoms with E-state index < -0.39 is 0 Å². The third kappa shape index (κ3) is 2.75. The second-order valence-corrected chi connectivity index (χ2v) is 7.25. The standard InChI is InChI=1S/C20H20N6O/c1-14-6-8-24(11-14)19-5-4-16(10-22-19)26-12-17-18(23-26)13-25(20(17)27)15-3-2-7-21-9-15/h2-5,7,9-10,12,14H,6,8,11,13H2,1H3/t14-/m1/s1. The molecule has 5 heterocycles. The molecule has 0 aliphatic carbocycles. The Hall–Kier alpha value is -3.22. The van der Waals surface area contributed by atoms with Crippen LogP contribution < -0.4 is 9.80 Å². The lowest BCUT2D eigenvalue weighted by molar-refractivity contribution is 0.0996. The molecule has 27 heavy (non-hydrogen) atoms. The van der Waals surface area contributed by atoms with E-state index in [-0.39, 0.29) is 5.91 Å². The summed E-state index contributed by atoms with van der Waals surface area (Å²) in [6.45, 7) is 4.85. The zero-order valence-electron chi connectivity index (χ0n) is 15.1. The third-order valence-electron chi connectivity index (χ3n) is 5.28. The molecule has 7 nitrogen and oxygen atoms in total. The van der Waals surface area contributed by atoms with Gasteiger partial charge >= 0.3 is 0 Å². The Kier molecular flexibility index (Phi) is 3.67. The van der Waals surface area contributed by atoms with Gasteiger partial charge in [-0.15, -0.1) is 0 Å². The molecule has 0 N–H and O–H groups in total. The molecule has 2 aliphatic rings. The number of pyridine rings is 2. The van der Waals surface area contributed by atoms with Crippen molar-refractivity contribution in [2.75, 3.05) is 22.9 Å². The number of hydrogen-bond acceptors (Lipinski definition) is 5. The lowest BCUT2D eigenvalue weighted by atomic mass is 10.2. The van der Waals surface area contributed by atoms with E-state index in [1.165, 1.54) is 6.42 Å². The fourth-order valence-electron chi connectivity index (χ4n) is 3.77. The van der Waals surface area contributed by atoms with Crippen molar-refractivity contribution in [2.24, 2.45) is 5.92 Å². The maximum Gasteiger partial charge on any atom is 0.262 e. The molecule has 0 bridgehead atoms. The minimum atomic E-state index is -0.0418. The lowest BCUT2D eigenvalue weighted by Crippen LogP contribution is -2.23. The van der Waals surface area contributed by atoms with E-state index in [9.17, 15) is 4.79 Å². The molecule has 2 aliphatic heterocycles. The van der Waals surface area contributed by atoms with Crippen LogP contribution in [0.5, 0.6) is 0 Å². The molecular formula is C20H20N6O. The molecule has 0 saturated carbocycles. The van der Waals surface area contributed by atoms with Gasteiger partial charge in [0.25, 0.3) is 5.91 Å². The molecule has 1 atom stereocenters. The molecule has 0 radical (unpaired) electrons. The molecule has 0 spiro atoms. The summed E-state index contributed by atoms with van der Waals surface area (Å²) in [6.07, 6.45) is 8.22. The van der Waals surface area contributed by atoms with Crippen molar-refractivity contribution in [2.45, 2.75) is 19.9 Å². The summed E-state index contributed by atoms with van der Waals surface area (Å²) < 4.78 is 1.74. The van der Waals surface area contributed by atoms with Crippen molar-refractivity contribution < 1.29 is 4.79 Å². The van der Waals surface area contributed by atoms with Crippen LogP contribution in [0.15, 0.2) is 49.1 Å². The number of aromatic nitrogens is 4. The van der Waals surface area contributed by atoms with Crippen LogP contribution in [0.2, 0.25) is 0 Å². The van der Waals surface area contributed by atoms with Crippen LogP contribution in [-0.2, 0) is 6.54 Å². The first-order valence-electron chi connectivity index (χ1n) is 9.21. The zero-order valence-corrected chi connectivity index (χ0v) is 15.1. The number of hydrogen-bond donors (Lipinski definition) is 0. The fourth-order valence-corrected chi connectivity index (χ4v) is 3.77. The summed E-state index contributed by atoms with van der Waals surface area (Å²) in [5.41, 5.74) is 3.07. The van der Waals surface area contributed by atoms with Gasteiger partial charge in [0.15, 0.2) is 0 Å². The van der Waals surface area contributed by atoms with Crippen molar-refractivity contribution in [1.82, 2.24) is 19.7 Å². The van der Waals surface area contributed by atoms with Gasteiger partial charge in [-0.1, -0.05) is 6.92 Å².